The Morgan fingerprint density at radius 3 is 2.57 bits per heavy atom. The number of H-pyrrole nitrogens is 1. The Morgan fingerprint density at radius 2 is 1.84 bits per heavy atom. The summed E-state index contributed by atoms with van der Waals surface area (Å²) in [4.78, 5) is 35.5. The summed E-state index contributed by atoms with van der Waals surface area (Å²) in [6.07, 6.45) is 4.02. The SMILES string of the molecule is COc1cc(CNC(=O)c2csc(C3CCN(C(=O)Cc4c[nH]c5ccccc45)CC3)n2)cc(OC)c1. The molecule has 5 rings (SSSR count). The molecule has 2 N–H and O–H groups in total. The largest absolute Gasteiger partial charge is 0.497 e. The van der Waals surface area contributed by atoms with Crippen molar-refractivity contribution in [2.24, 2.45) is 0 Å². The zero-order valence-corrected chi connectivity index (χ0v) is 21.8. The number of thiazole rings is 1. The second kappa shape index (κ2) is 11.0. The van der Waals surface area contributed by atoms with Crippen LogP contribution in [0.1, 0.15) is 45.4 Å². The van der Waals surface area contributed by atoms with Crippen molar-refractivity contribution in [2.75, 3.05) is 27.3 Å². The summed E-state index contributed by atoms with van der Waals surface area (Å²) in [7, 11) is 3.19. The number of aromatic nitrogens is 2. The van der Waals surface area contributed by atoms with Crippen LogP contribution in [0, 0.1) is 0 Å². The molecule has 2 aromatic carbocycles. The van der Waals surface area contributed by atoms with Crippen molar-refractivity contribution < 1.29 is 19.1 Å². The maximum absolute atomic E-state index is 12.9. The van der Waals surface area contributed by atoms with E-state index in [9.17, 15) is 9.59 Å². The maximum atomic E-state index is 12.9. The van der Waals surface area contributed by atoms with Crippen LogP contribution in [-0.2, 0) is 17.8 Å². The van der Waals surface area contributed by atoms with Crippen LogP contribution in [0.3, 0.4) is 0 Å². The number of rotatable bonds is 8. The maximum Gasteiger partial charge on any atom is 0.271 e. The molecule has 8 nitrogen and oxygen atoms in total. The van der Waals surface area contributed by atoms with E-state index < -0.39 is 0 Å². The first-order valence-electron chi connectivity index (χ1n) is 12.3. The molecule has 0 radical (unpaired) electrons. The van der Waals surface area contributed by atoms with Crippen molar-refractivity contribution >= 4 is 34.1 Å². The number of piperidine rings is 1. The molecule has 0 unspecified atom stereocenters. The van der Waals surface area contributed by atoms with Crippen LogP contribution < -0.4 is 14.8 Å². The van der Waals surface area contributed by atoms with E-state index in [-0.39, 0.29) is 17.7 Å². The first kappa shape index (κ1) is 24.8. The highest BCUT2D eigenvalue weighted by Gasteiger charge is 2.26. The molecule has 9 heteroatoms. The predicted molar refractivity (Wildman–Crippen MR) is 143 cm³/mol. The second-order valence-electron chi connectivity index (χ2n) is 9.17. The lowest BCUT2D eigenvalue weighted by Gasteiger charge is -2.31. The summed E-state index contributed by atoms with van der Waals surface area (Å²) in [5.74, 6) is 1.54. The van der Waals surface area contributed by atoms with Crippen molar-refractivity contribution in [3.05, 3.63) is 75.9 Å². The van der Waals surface area contributed by atoms with Gasteiger partial charge in [0.2, 0.25) is 5.91 Å². The number of nitrogens with one attached hydrogen (secondary N) is 2. The van der Waals surface area contributed by atoms with Crippen molar-refractivity contribution in [1.29, 1.82) is 0 Å². The third-order valence-corrected chi connectivity index (χ3v) is 7.84. The van der Waals surface area contributed by atoms with Crippen LogP contribution in [0.25, 0.3) is 10.9 Å². The number of hydrogen-bond donors (Lipinski definition) is 2. The van der Waals surface area contributed by atoms with Gasteiger partial charge in [0.25, 0.3) is 5.91 Å². The minimum Gasteiger partial charge on any atom is -0.497 e. The molecule has 4 aromatic rings. The lowest BCUT2D eigenvalue weighted by Crippen LogP contribution is -2.38. The van der Waals surface area contributed by atoms with Gasteiger partial charge in [0.1, 0.15) is 17.2 Å². The van der Waals surface area contributed by atoms with E-state index in [1.54, 1.807) is 20.3 Å². The number of methoxy groups -OCH3 is 2. The van der Waals surface area contributed by atoms with E-state index in [0.29, 0.717) is 43.2 Å². The number of hydrogen-bond acceptors (Lipinski definition) is 6. The van der Waals surface area contributed by atoms with Crippen LogP contribution in [0.4, 0.5) is 0 Å². The Bertz CT molecular complexity index is 1380. The number of ether oxygens (including phenoxy) is 2. The summed E-state index contributed by atoms with van der Waals surface area (Å²) in [5.41, 5.74) is 3.39. The monoisotopic (exact) mass is 518 g/mol. The molecule has 3 heterocycles. The molecule has 2 aromatic heterocycles. The van der Waals surface area contributed by atoms with Gasteiger partial charge in [-0.2, -0.15) is 0 Å². The zero-order valence-electron chi connectivity index (χ0n) is 21.0. The fourth-order valence-corrected chi connectivity index (χ4v) is 5.72. The number of carbonyl (C=O) groups is 2. The molecule has 1 saturated heterocycles. The van der Waals surface area contributed by atoms with Crippen LogP contribution in [0.2, 0.25) is 0 Å². The Balaban J connectivity index is 1.14. The lowest BCUT2D eigenvalue weighted by atomic mass is 9.97. The first-order valence-corrected chi connectivity index (χ1v) is 13.2. The van der Waals surface area contributed by atoms with E-state index in [4.69, 9.17) is 9.47 Å². The molecule has 37 heavy (non-hydrogen) atoms. The number of benzene rings is 2. The summed E-state index contributed by atoms with van der Waals surface area (Å²) >= 11 is 1.51. The first-order chi connectivity index (χ1) is 18.0. The van der Waals surface area contributed by atoms with Crippen molar-refractivity contribution in [3.63, 3.8) is 0 Å². The number of amides is 2. The normalized spacial score (nSPS) is 14.1. The topological polar surface area (TPSA) is 96.6 Å². The quantitative estimate of drug-likeness (QED) is 0.358. The van der Waals surface area contributed by atoms with Gasteiger partial charge in [-0.3, -0.25) is 9.59 Å². The number of carbonyl (C=O) groups excluding carboxylic acids is 2. The van der Waals surface area contributed by atoms with Crippen molar-refractivity contribution in [2.45, 2.75) is 31.7 Å². The Labute approximate surface area is 219 Å². The van der Waals surface area contributed by atoms with Crippen LogP contribution in [-0.4, -0.2) is 54.0 Å². The second-order valence-corrected chi connectivity index (χ2v) is 10.1. The van der Waals surface area contributed by atoms with Gasteiger partial charge in [0.05, 0.1) is 25.6 Å². The molecule has 2 amide bonds. The van der Waals surface area contributed by atoms with Crippen LogP contribution >= 0.6 is 11.3 Å². The highest BCUT2D eigenvalue weighted by atomic mass is 32.1. The van der Waals surface area contributed by atoms with Gasteiger partial charge in [-0.05, 0) is 42.2 Å². The minimum atomic E-state index is -0.212. The summed E-state index contributed by atoms with van der Waals surface area (Å²) < 4.78 is 10.6. The standard InChI is InChI=1S/C28H30N4O4S/c1-35-21-11-18(12-22(14-21)36-2)15-30-27(34)25-17-37-28(31-25)19-7-9-32(10-8-19)26(33)13-20-16-29-24-6-4-3-5-23(20)24/h3-6,11-12,14,16-17,19,29H,7-10,13,15H2,1-2H3,(H,30,34). The third kappa shape index (κ3) is 5.61. The van der Waals surface area contributed by atoms with Gasteiger partial charge in [-0.25, -0.2) is 4.98 Å². The van der Waals surface area contributed by atoms with Gasteiger partial charge < -0.3 is 24.7 Å². The highest BCUT2D eigenvalue weighted by molar-refractivity contribution is 7.09. The average molecular weight is 519 g/mol. The molecule has 0 aliphatic carbocycles. The summed E-state index contributed by atoms with van der Waals surface area (Å²) in [5, 5.41) is 6.80. The molecule has 1 aliphatic heterocycles. The molecule has 1 aliphatic rings. The van der Waals surface area contributed by atoms with E-state index in [1.807, 2.05) is 52.9 Å². The highest BCUT2D eigenvalue weighted by Crippen LogP contribution is 2.31. The van der Waals surface area contributed by atoms with E-state index >= 15 is 0 Å². The van der Waals surface area contributed by atoms with Gasteiger partial charge in [0, 0.05) is 54.1 Å². The summed E-state index contributed by atoms with van der Waals surface area (Å²) in [6.45, 7) is 1.74. The minimum absolute atomic E-state index is 0.150. The van der Waals surface area contributed by atoms with Gasteiger partial charge in [0.15, 0.2) is 0 Å². The fraction of sp³-hybridized carbons (Fsp3) is 0.321. The molecule has 0 atom stereocenters. The number of likely N-dealkylation sites (tertiary alicyclic amines) is 1. The van der Waals surface area contributed by atoms with Gasteiger partial charge >= 0.3 is 0 Å². The van der Waals surface area contributed by atoms with E-state index in [1.165, 1.54) is 11.3 Å². The smallest absolute Gasteiger partial charge is 0.271 e. The molecular formula is C28H30N4O4S. The average Bonchev–Trinajstić information content (AvgIpc) is 3.60. The molecule has 1 fully saturated rings. The lowest BCUT2D eigenvalue weighted by molar-refractivity contribution is -0.131. The molecule has 0 spiro atoms. The van der Waals surface area contributed by atoms with E-state index in [2.05, 4.69) is 15.3 Å². The number of para-hydroxylation sites is 1. The van der Waals surface area contributed by atoms with E-state index in [0.717, 1.165) is 39.9 Å². The molecular weight excluding hydrogens is 488 g/mol. The van der Waals surface area contributed by atoms with Gasteiger partial charge in [-0.15, -0.1) is 11.3 Å². The number of nitrogens with zero attached hydrogens (tertiary/aromatic N) is 2. The molecule has 192 valence electrons. The molecule has 0 saturated carbocycles. The summed E-state index contributed by atoms with van der Waals surface area (Å²) in [6, 6.07) is 13.6. The number of aromatic amines is 1. The van der Waals surface area contributed by atoms with Crippen molar-refractivity contribution in [3.8, 4) is 11.5 Å². The fourth-order valence-electron chi connectivity index (χ4n) is 4.75. The zero-order chi connectivity index (χ0) is 25.8. The van der Waals surface area contributed by atoms with Crippen molar-refractivity contribution in [1.82, 2.24) is 20.2 Å². The number of fused-ring (bicyclic) bond motifs is 1. The predicted octanol–water partition coefficient (Wildman–Crippen LogP) is 4.52. The third-order valence-electron chi connectivity index (χ3n) is 6.83. The van der Waals surface area contributed by atoms with Crippen LogP contribution in [0.5, 0.6) is 11.5 Å². The van der Waals surface area contributed by atoms with Crippen LogP contribution in [0.15, 0.2) is 54.0 Å². The Morgan fingerprint density at radius 1 is 1.11 bits per heavy atom. The Hall–Kier alpha value is -3.85. The Kier molecular flexibility index (Phi) is 7.41. The van der Waals surface area contributed by atoms with Gasteiger partial charge in [-0.1, -0.05) is 18.2 Å². The molecule has 0 bridgehead atoms.